The van der Waals surface area contributed by atoms with Crippen LogP contribution in [-0.4, -0.2) is 35.1 Å². The van der Waals surface area contributed by atoms with E-state index in [0.717, 1.165) is 18.5 Å². The number of carboxylic acid groups (broad SMARTS) is 1. The van der Waals surface area contributed by atoms with Crippen molar-refractivity contribution in [2.75, 3.05) is 13.1 Å². The van der Waals surface area contributed by atoms with Crippen molar-refractivity contribution in [3.05, 3.63) is 0 Å². The summed E-state index contributed by atoms with van der Waals surface area (Å²) in [5.74, 6) is 1.15. The van der Waals surface area contributed by atoms with Gasteiger partial charge in [0.1, 0.15) is 0 Å². The van der Waals surface area contributed by atoms with Gasteiger partial charge in [0, 0.05) is 19.0 Å². The van der Waals surface area contributed by atoms with Crippen LogP contribution in [0, 0.1) is 17.8 Å². The van der Waals surface area contributed by atoms with Crippen molar-refractivity contribution in [2.24, 2.45) is 17.8 Å². The highest BCUT2D eigenvalue weighted by atomic mass is 16.4. The zero-order valence-electron chi connectivity index (χ0n) is 12.5. The molecule has 0 amide bonds. The molecule has 0 spiro atoms. The Hall–Kier alpha value is -0.570. The molecule has 3 nitrogen and oxygen atoms in total. The summed E-state index contributed by atoms with van der Waals surface area (Å²) >= 11 is 0. The molecule has 1 heterocycles. The molecule has 1 saturated heterocycles. The monoisotopic (exact) mass is 267 g/mol. The standard InChI is InChI=1S/C16H29NO2/c1-3-13-6-4-8-15(13)17-9-5-7-14(11-17)12(2)10-16(18)19/h12-15H,3-11H2,1-2H3,(H,18,19). The van der Waals surface area contributed by atoms with Crippen LogP contribution in [0.5, 0.6) is 0 Å². The number of rotatable bonds is 5. The topological polar surface area (TPSA) is 40.5 Å². The average molecular weight is 267 g/mol. The molecule has 19 heavy (non-hydrogen) atoms. The molecule has 2 rings (SSSR count). The van der Waals surface area contributed by atoms with Crippen molar-refractivity contribution >= 4 is 5.97 Å². The van der Waals surface area contributed by atoms with E-state index < -0.39 is 5.97 Å². The van der Waals surface area contributed by atoms with Crippen molar-refractivity contribution in [2.45, 2.75) is 64.8 Å². The molecule has 1 saturated carbocycles. The molecule has 4 unspecified atom stereocenters. The quantitative estimate of drug-likeness (QED) is 0.830. The molecule has 0 aromatic heterocycles. The Morgan fingerprint density at radius 2 is 2.11 bits per heavy atom. The van der Waals surface area contributed by atoms with Gasteiger partial charge in [-0.15, -0.1) is 0 Å². The third-order valence-corrected chi connectivity index (χ3v) is 5.40. The van der Waals surface area contributed by atoms with Crippen molar-refractivity contribution in [3.8, 4) is 0 Å². The molecular formula is C16H29NO2. The highest BCUT2D eigenvalue weighted by Crippen LogP contribution is 2.36. The zero-order chi connectivity index (χ0) is 13.8. The minimum atomic E-state index is -0.642. The van der Waals surface area contributed by atoms with Gasteiger partial charge in [0.15, 0.2) is 0 Å². The Kier molecular flexibility index (Phi) is 5.26. The first-order chi connectivity index (χ1) is 9.11. The Labute approximate surface area is 117 Å². The van der Waals surface area contributed by atoms with E-state index in [-0.39, 0.29) is 0 Å². The van der Waals surface area contributed by atoms with E-state index >= 15 is 0 Å². The predicted molar refractivity (Wildman–Crippen MR) is 77.1 cm³/mol. The van der Waals surface area contributed by atoms with Crippen molar-refractivity contribution in [1.29, 1.82) is 0 Å². The molecule has 2 fully saturated rings. The fourth-order valence-electron chi connectivity index (χ4n) is 4.22. The minimum Gasteiger partial charge on any atom is -0.481 e. The van der Waals surface area contributed by atoms with Gasteiger partial charge in [-0.25, -0.2) is 0 Å². The Morgan fingerprint density at radius 3 is 2.79 bits per heavy atom. The number of likely N-dealkylation sites (tertiary alicyclic amines) is 1. The minimum absolute atomic E-state index is 0.321. The molecule has 0 aromatic carbocycles. The number of aliphatic carboxylic acids is 1. The Balaban J connectivity index is 1.91. The van der Waals surface area contributed by atoms with Crippen LogP contribution in [0.2, 0.25) is 0 Å². The molecule has 1 aliphatic carbocycles. The summed E-state index contributed by atoms with van der Waals surface area (Å²) in [6.07, 6.45) is 8.24. The Bertz CT molecular complexity index is 305. The third-order valence-electron chi connectivity index (χ3n) is 5.40. The molecule has 0 bridgehead atoms. The molecule has 0 aromatic rings. The van der Waals surface area contributed by atoms with E-state index in [1.54, 1.807) is 0 Å². The lowest BCUT2D eigenvalue weighted by molar-refractivity contribution is -0.138. The van der Waals surface area contributed by atoms with Gasteiger partial charge in [-0.2, -0.15) is 0 Å². The molecule has 3 heteroatoms. The maximum Gasteiger partial charge on any atom is 0.303 e. The second kappa shape index (κ2) is 6.74. The first-order valence-electron chi connectivity index (χ1n) is 8.07. The number of carbonyl (C=O) groups is 1. The molecule has 0 radical (unpaired) electrons. The third kappa shape index (κ3) is 3.71. The lowest BCUT2D eigenvalue weighted by Crippen LogP contribution is -2.45. The average Bonchev–Trinajstić information content (AvgIpc) is 2.86. The SMILES string of the molecule is CCC1CCCC1N1CCCC(C(C)CC(=O)O)C1. The van der Waals surface area contributed by atoms with Crippen LogP contribution in [0.1, 0.15) is 58.8 Å². The van der Waals surface area contributed by atoms with Gasteiger partial charge in [-0.3, -0.25) is 9.69 Å². The van der Waals surface area contributed by atoms with Gasteiger partial charge in [-0.05, 0) is 50.0 Å². The lowest BCUT2D eigenvalue weighted by atomic mass is 9.83. The number of piperidine rings is 1. The van der Waals surface area contributed by atoms with Crippen LogP contribution in [0.3, 0.4) is 0 Å². The second-order valence-corrected chi connectivity index (χ2v) is 6.64. The van der Waals surface area contributed by atoms with Gasteiger partial charge in [0.2, 0.25) is 0 Å². The van der Waals surface area contributed by atoms with Gasteiger partial charge in [-0.1, -0.05) is 26.7 Å². The van der Waals surface area contributed by atoms with E-state index in [1.165, 1.54) is 45.1 Å². The number of hydrogen-bond acceptors (Lipinski definition) is 2. The largest absolute Gasteiger partial charge is 0.481 e. The van der Waals surface area contributed by atoms with Crippen LogP contribution in [0.15, 0.2) is 0 Å². The van der Waals surface area contributed by atoms with Gasteiger partial charge in [0.25, 0.3) is 0 Å². The van der Waals surface area contributed by atoms with E-state index in [0.29, 0.717) is 18.3 Å². The summed E-state index contributed by atoms with van der Waals surface area (Å²) in [6, 6.07) is 0.782. The van der Waals surface area contributed by atoms with E-state index in [2.05, 4.69) is 18.7 Å². The van der Waals surface area contributed by atoms with Crippen molar-refractivity contribution in [1.82, 2.24) is 4.90 Å². The molecule has 1 aliphatic heterocycles. The maximum absolute atomic E-state index is 10.9. The predicted octanol–water partition coefficient (Wildman–Crippen LogP) is 3.39. The van der Waals surface area contributed by atoms with E-state index in [9.17, 15) is 4.79 Å². The molecule has 4 atom stereocenters. The van der Waals surface area contributed by atoms with Crippen LogP contribution < -0.4 is 0 Å². The zero-order valence-corrected chi connectivity index (χ0v) is 12.5. The molecule has 110 valence electrons. The summed E-state index contributed by atoms with van der Waals surface area (Å²) < 4.78 is 0. The van der Waals surface area contributed by atoms with Crippen LogP contribution in [0.4, 0.5) is 0 Å². The van der Waals surface area contributed by atoms with Gasteiger partial charge < -0.3 is 5.11 Å². The highest BCUT2D eigenvalue weighted by molar-refractivity contribution is 5.67. The molecular weight excluding hydrogens is 238 g/mol. The summed E-state index contributed by atoms with van der Waals surface area (Å²) in [6.45, 7) is 6.80. The first-order valence-corrected chi connectivity index (χ1v) is 8.07. The lowest BCUT2D eigenvalue weighted by Gasteiger charge is -2.41. The number of hydrogen-bond donors (Lipinski definition) is 1. The van der Waals surface area contributed by atoms with Crippen molar-refractivity contribution in [3.63, 3.8) is 0 Å². The van der Waals surface area contributed by atoms with Crippen LogP contribution in [0.25, 0.3) is 0 Å². The second-order valence-electron chi connectivity index (χ2n) is 6.64. The molecule has 2 aliphatic rings. The maximum atomic E-state index is 10.9. The Morgan fingerprint density at radius 1 is 1.32 bits per heavy atom. The molecule has 1 N–H and O–H groups in total. The fourth-order valence-corrected chi connectivity index (χ4v) is 4.22. The summed E-state index contributed by atoms with van der Waals surface area (Å²) in [5, 5.41) is 8.96. The highest BCUT2D eigenvalue weighted by Gasteiger charge is 2.35. The van der Waals surface area contributed by atoms with Gasteiger partial charge >= 0.3 is 5.97 Å². The summed E-state index contributed by atoms with van der Waals surface area (Å²) in [7, 11) is 0. The van der Waals surface area contributed by atoms with Crippen LogP contribution in [-0.2, 0) is 4.79 Å². The number of carboxylic acids is 1. The summed E-state index contributed by atoms with van der Waals surface area (Å²) in [4.78, 5) is 13.6. The van der Waals surface area contributed by atoms with E-state index in [4.69, 9.17) is 5.11 Å². The van der Waals surface area contributed by atoms with Crippen LogP contribution >= 0.6 is 0 Å². The van der Waals surface area contributed by atoms with E-state index in [1.807, 2.05) is 0 Å². The fraction of sp³-hybridized carbons (Fsp3) is 0.938. The first kappa shape index (κ1) is 14.8. The smallest absolute Gasteiger partial charge is 0.303 e. The van der Waals surface area contributed by atoms with Crippen molar-refractivity contribution < 1.29 is 9.90 Å². The van der Waals surface area contributed by atoms with Gasteiger partial charge in [0.05, 0.1) is 0 Å². The summed E-state index contributed by atoms with van der Waals surface area (Å²) in [5.41, 5.74) is 0. The normalized spacial score (nSPS) is 34.3. The number of nitrogens with zero attached hydrogens (tertiary/aromatic N) is 1.